The number of carbonyl (C=O) groups is 3. The number of ether oxygens (including phenoxy) is 2. The molecule has 1 atom stereocenters. The van der Waals surface area contributed by atoms with Crippen molar-refractivity contribution in [1.82, 2.24) is 9.97 Å². The van der Waals surface area contributed by atoms with Crippen LogP contribution in [0.2, 0.25) is 0 Å². The van der Waals surface area contributed by atoms with Gasteiger partial charge in [0.1, 0.15) is 0 Å². The van der Waals surface area contributed by atoms with Crippen molar-refractivity contribution in [2.45, 2.75) is 26.4 Å². The highest BCUT2D eigenvalue weighted by Gasteiger charge is 2.23. The van der Waals surface area contributed by atoms with Crippen molar-refractivity contribution in [2.75, 3.05) is 11.9 Å². The van der Waals surface area contributed by atoms with Crippen LogP contribution in [0.25, 0.3) is 33.5 Å². The van der Waals surface area contributed by atoms with Crippen LogP contribution in [0, 0.1) is 0 Å². The van der Waals surface area contributed by atoms with E-state index < -0.39 is 23.9 Å². The Morgan fingerprint density at radius 3 is 1.83 bits per heavy atom. The average Bonchev–Trinajstić information content (AvgIpc) is 3.03. The van der Waals surface area contributed by atoms with E-state index in [1.807, 2.05) is 60.7 Å². The summed E-state index contributed by atoms with van der Waals surface area (Å²) in [6, 6.07) is 30.9. The molecule has 5 aromatic rings. The molecular weight excluding hydrogens is 530 g/mol. The number of benzene rings is 4. The molecule has 0 bridgehead atoms. The van der Waals surface area contributed by atoms with Crippen molar-refractivity contribution in [2.24, 2.45) is 0 Å². The second-order valence-electron chi connectivity index (χ2n) is 9.45. The van der Waals surface area contributed by atoms with E-state index in [9.17, 15) is 14.4 Å². The Hall–Kier alpha value is -5.37. The van der Waals surface area contributed by atoms with Crippen molar-refractivity contribution in [3.63, 3.8) is 0 Å². The fourth-order valence-electron chi connectivity index (χ4n) is 4.42. The first kappa shape index (κ1) is 28.2. The number of carbonyl (C=O) groups excluding carboxylic acids is 3. The molecular formula is C34H29N3O5. The van der Waals surface area contributed by atoms with E-state index in [1.54, 1.807) is 56.3 Å². The van der Waals surface area contributed by atoms with Crippen LogP contribution >= 0.6 is 0 Å². The minimum atomic E-state index is -1.02. The number of esters is 2. The van der Waals surface area contributed by atoms with E-state index in [0.717, 1.165) is 16.8 Å². The lowest BCUT2D eigenvalue weighted by Crippen LogP contribution is -2.32. The molecule has 0 aliphatic rings. The summed E-state index contributed by atoms with van der Waals surface area (Å²) in [5, 5.41) is 2.73. The topological polar surface area (TPSA) is 107 Å². The van der Waals surface area contributed by atoms with Crippen molar-refractivity contribution < 1.29 is 23.9 Å². The number of rotatable bonds is 9. The Morgan fingerprint density at radius 1 is 0.690 bits per heavy atom. The van der Waals surface area contributed by atoms with Gasteiger partial charge in [-0.2, -0.15) is 0 Å². The van der Waals surface area contributed by atoms with Crippen LogP contribution in [0.4, 0.5) is 5.69 Å². The number of fused-ring (bicyclic) bond motifs is 1. The molecule has 0 aliphatic carbocycles. The molecule has 1 unspecified atom stereocenters. The van der Waals surface area contributed by atoms with Gasteiger partial charge in [0.25, 0.3) is 5.91 Å². The quantitative estimate of drug-likeness (QED) is 0.200. The summed E-state index contributed by atoms with van der Waals surface area (Å²) in [6.07, 6.45) is -0.755. The fourth-order valence-corrected chi connectivity index (χ4v) is 4.42. The average molecular weight is 560 g/mol. The lowest BCUT2D eigenvalue weighted by molar-refractivity contribution is -0.124. The van der Waals surface area contributed by atoms with Gasteiger partial charge in [0.2, 0.25) is 0 Å². The third-order valence-corrected chi connectivity index (χ3v) is 6.57. The molecule has 1 heterocycles. The molecule has 8 heteroatoms. The molecule has 0 saturated carbocycles. The lowest BCUT2D eigenvalue weighted by Gasteiger charge is -2.16. The zero-order chi connectivity index (χ0) is 29.5. The Kier molecular flexibility index (Phi) is 8.63. The van der Waals surface area contributed by atoms with Crippen LogP contribution in [0.3, 0.4) is 0 Å². The minimum Gasteiger partial charge on any atom is -0.462 e. The molecule has 0 radical (unpaired) electrons. The van der Waals surface area contributed by atoms with Gasteiger partial charge in [-0.1, -0.05) is 67.6 Å². The standard InChI is InChI=1S/C34H29N3O5/c1-3-29(32(38)35-26-18-15-24(16-19-26)33(39)41-4-2)42-34(40)25-17-20-27-28(21-25)37-31(23-13-9-6-10-14-23)30(36-27)22-11-7-5-8-12-22/h5-21,29H,3-4H2,1-2H3,(H,35,38). The highest BCUT2D eigenvalue weighted by atomic mass is 16.5. The molecule has 1 amide bonds. The molecule has 0 fully saturated rings. The third-order valence-electron chi connectivity index (χ3n) is 6.57. The van der Waals surface area contributed by atoms with E-state index in [-0.39, 0.29) is 18.6 Å². The summed E-state index contributed by atoms with van der Waals surface area (Å²) in [7, 11) is 0. The number of nitrogens with zero attached hydrogens (tertiary/aromatic N) is 2. The second kappa shape index (κ2) is 12.9. The lowest BCUT2D eigenvalue weighted by atomic mass is 10.0. The van der Waals surface area contributed by atoms with Gasteiger partial charge in [0.05, 0.1) is 40.2 Å². The number of amides is 1. The number of anilines is 1. The Morgan fingerprint density at radius 2 is 1.26 bits per heavy atom. The summed E-state index contributed by atoms with van der Waals surface area (Å²) in [6.45, 7) is 3.76. The molecule has 0 aliphatic heterocycles. The third kappa shape index (κ3) is 6.33. The van der Waals surface area contributed by atoms with Crippen molar-refractivity contribution in [3.05, 3.63) is 114 Å². The summed E-state index contributed by atoms with van der Waals surface area (Å²) in [5.41, 5.74) is 5.52. The van der Waals surface area contributed by atoms with Gasteiger partial charge in [-0.05, 0) is 55.8 Å². The van der Waals surface area contributed by atoms with E-state index in [0.29, 0.717) is 28.0 Å². The summed E-state index contributed by atoms with van der Waals surface area (Å²) in [5.74, 6) is -1.57. The van der Waals surface area contributed by atoms with Gasteiger partial charge in [-0.3, -0.25) is 4.79 Å². The molecule has 8 nitrogen and oxygen atoms in total. The predicted octanol–water partition coefficient (Wildman–Crippen LogP) is 6.71. The van der Waals surface area contributed by atoms with Crippen LogP contribution in [0.5, 0.6) is 0 Å². The second-order valence-corrected chi connectivity index (χ2v) is 9.45. The maximum Gasteiger partial charge on any atom is 0.338 e. The number of hydrogen-bond acceptors (Lipinski definition) is 7. The highest BCUT2D eigenvalue weighted by Crippen LogP contribution is 2.31. The first-order valence-corrected chi connectivity index (χ1v) is 13.7. The van der Waals surface area contributed by atoms with E-state index >= 15 is 0 Å². The van der Waals surface area contributed by atoms with Crippen LogP contribution in [-0.4, -0.2) is 40.5 Å². The molecule has 4 aromatic carbocycles. The van der Waals surface area contributed by atoms with Crippen LogP contribution in [0.1, 0.15) is 41.0 Å². The summed E-state index contributed by atoms with van der Waals surface area (Å²) in [4.78, 5) is 47.7. The summed E-state index contributed by atoms with van der Waals surface area (Å²) < 4.78 is 10.6. The first-order chi connectivity index (χ1) is 20.5. The van der Waals surface area contributed by atoms with Gasteiger partial charge in [-0.25, -0.2) is 19.6 Å². The molecule has 5 rings (SSSR count). The number of hydrogen-bond donors (Lipinski definition) is 1. The largest absolute Gasteiger partial charge is 0.462 e. The van der Waals surface area contributed by atoms with E-state index in [1.165, 1.54) is 0 Å². The predicted molar refractivity (Wildman–Crippen MR) is 161 cm³/mol. The maximum atomic E-state index is 13.1. The molecule has 0 spiro atoms. The molecule has 1 aromatic heterocycles. The monoisotopic (exact) mass is 559 g/mol. The minimum absolute atomic E-state index is 0.258. The smallest absolute Gasteiger partial charge is 0.338 e. The van der Waals surface area contributed by atoms with Crippen LogP contribution in [-0.2, 0) is 14.3 Å². The van der Waals surface area contributed by atoms with E-state index in [2.05, 4.69) is 5.32 Å². The van der Waals surface area contributed by atoms with Gasteiger partial charge in [-0.15, -0.1) is 0 Å². The molecule has 210 valence electrons. The first-order valence-electron chi connectivity index (χ1n) is 13.7. The van der Waals surface area contributed by atoms with Crippen molar-refractivity contribution in [3.8, 4) is 22.5 Å². The zero-order valence-electron chi connectivity index (χ0n) is 23.2. The van der Waals surface area contributed by atoms with Crippen molar-refractivity contribution in [1.29, 1.82) is 0 Å². The highest BCUT2D eigenvalue weighted by molar-refractivity contribution is 5.99. The van der Waals surface area contributed by atoms with Gasteiger partial charge >= 0.3 is 11.9 Å². The molecule has 1 N–H and O–H groups in total. The van der Waals surface area contributed by atoms with Gasteiger partial charge < -0.3 is 14.8 Å². The van der Waals surface area contributed by atoms with Crippen LogP contribution in [0.15, 0.2) is 103 Å². The summed E-state index contributed by atoms with van der Waals surface area (Å²) >= 11 is 0. The van der Waals surface area contributed by atoms with Crippen molar-refractivity contribution >= 4 is 34.6 Å². The Bertz CT molecular complexity index is 1720. The Balaban J connectivity index is 1.36. The van der Waals surface area contributed by atoms with Crippen LogP contribution < -0.4 is 5.32 Å². The molecule has 0 saturated heterocycles. The van der Waals surface area contributed by atoms with Gasteiger partial charge in [0, 0.05) is 16.8 Å². The molecule has 42 heavy (non-hydrogen) atoms. The van der Waals surface area contributed by atoms with Gasteiger partial charge in [0.15, 0.2) is 6.10 Å². The maximum absolute atomic E-state index is 13.1. The van der Waals surface area contributed by atoms with E-state index in [4.69, 9.17) is 19.4 Å². The number of nitrogens with one attached hydrogen (secondary N) is 1. The normalized spacial score (nSPS) is 11.5. The number of aromatic nitrogens is 2. The Labute approximate surface area is 243 Å². The fraction of sp³-hybridized carbons (Fsp3) is 0.147. The zero-order valence-corrected chi connectivity index (χ0v) is 23.2. The SMILES string of the molecule is CCOC(=O)c1ccc(NC(=O)C(CC)OC(=O)c2ccc3nc(-c4ccccc4)c(-c4ccccc4)nc3c2)cc1.